The molecule has 4 aromatic rings. The van der Waals surface area contributed by atoms with Gasteiger partial charge in [0.15, 0.2) is 5.82 Å². The molecular weight excluding hydrogens is 763 g/mol. The lowest BCUT2D eigenvalue weighted by Gasteiger charge is -2.31. The molecule has 3 aliphatic heterocycles. The Morgan fingerprint density at radius 2 is 1.78 bits per heavy atom. The topological polar surface area (TPSA) is 109 Å². The van der Waals surface area contributed by atoms with Crippen LogP contribution in [0.3, 0.4) is 0 Å². The van der Waals surface area contributed by atoms with Crippen molar-refractivity contribution >= 4 is 28.6 Å². The van der Waals surface area contributed by atoms with Gasteiger partial charge < -0.3 is 28.9 Å². The highest BCUT2D eigenvalue weighted by Gasteiger charge is 2.49. The Bertz CT molecular complexity index is 2170. The highest BCUT2D eigenvalue weighted by atomic mass is 19.4. The number of pyridine rings is 2. The monoisotopic (exact) mass is 812 g/mol. The Morgan fingerprint density at radius 3 is 2.47 bits per heavy atom. The van der Waals surface area contributed by atoms with Crippen molar-refractivity contribution in [2.45, 2.75) is 89.5 Å². The molecule has 312 valence electrons. The minimum Gasteiger partial charge on any atom is -0.497 e. The van der Waals surface area contributed by atoms with E-state index in [0.29, 0.717) is 25.1 Å². The number of amides is 1. The molecule has 3 fully saturated rings. The van der Waals surface area contributed by atoms with Crippen LogP contribution in [0.1, 0.15) is 63.1 Å². The third kappa shape index (κ3) is 8.27. The zero-order valence-corrected chi connectivity index (χ0v) is 33.8. The second kappa shape index (κ2) is 15.6. The van der Waals surface area contributed by atoms with E-state index in [2.05, 4.69) is 19.9 Å². The molecule has 0 N–H and O–H groups in total. The van der Waals surface area contributed by atoms with Crippen molar-refractivity contribution in [2.24, 2.45) is 0 Å². The molecule has 0 bridgehead atoms. The van der Waals surface area contributed by atoms with Crippen molar-refractivity contribution in [3.8, 4) is 23.1 Å². The number of carbonyl (C=O) groups is 1. The SMILES string of the molecule is COc1ccc(CN(C)c2cc(C)c(C(F)(F)F)c(-c3ncc4c(N(C)[C@@H]5CCN(C(=O)OC(C)(C)C)C5)nc(OC[C@@]56CCCN5C[C@H](F)C6)nc4c3F)n2)cc1. The van der Waals surface area contributed by atoms with Crippen LogP contribution in [0, 0.1) is 12.7 Å². The van der Waals surface area contributed by atoms with Crippen LogP contribution < -0.4 is 19.3 Å². The lowest BCUT2D eigenvalue weighted by molar-refractivity contribution is -0.137. The molecule has 17 heteroatoms. The first-order valence-electron chi connectivity index (χ1n) is 19.4. The van der Waals surface area contributed by atoms with Gasteiger partial charge in [-0.2, -0.15) is 23.1 Å². The Kier molecular flexibility index (Phi) is 11.1. The van der Waals surface area contributed by atoms with Crippen LogP contribution in [0.15, 0.2) is 36.5 Å². The number of aromatic nitrogens is 4. The maximum atomic E-state index is 17.2. The number of benzene rings is 1. The molecule has 0 spiro atoms. The summed E-state index contributed by atoms with van der Waals surface area (Å²) >= 11 is 0. The van der Waals surface area contributed by atoms with Gasteiger partial charge in [0.25, 0.3) is 0 Å². The third-order valence-corrected chi connectivity index (χ3v) is 11.3. The molecule has 0 aliphatic carbocycles. The Labute approximate surface area is 334 Å². The van der Waals surface area contributed by atoms with Gasteiger partial charge in [-0.25, -0.2) is 18.6 Å². The van der Waals surface area contributed by atoms with Crippen LogP contribution in [0.5, 0.6) is 11.8 Å². The maximum absolute atomic E-state index is 17.2. The van der Waals surface area contributed by atoms with E-state index in [1.807, 2.05) is 12.1 Å². The number of alkyl halides is 4. The van der Waals surface area contributed by atoms with Gasteiger partial charge in [-0.3, -0.25) is 9.88 Å². The van der Waals surface area contributed by atoms with E-state index in [4.69, 9.17) is 19.2 Å². The number of methoxy groups -OCH3 is 1. The van der Waals surface area contributed by atoms with E-state index >= 15 is 4.39 Å². The Hall–Kier alpha value is -5.06. The fourth-order valence-electron chi connectivity index (χ4n) is 8.36. The molecule has 3 atom stereocenters. The molecule has 1 amide bonds. The molecule has 58 heavy (non-hydrogen) atoms. The van der Waals surface area contributed by atoms with Crippen LogP contribution in [0.4, 0.5) is 38.4 Å². The fraction of sp³-hybridized carbons (Fsp3) is 0.537. The summed E-state index contributed by atoms with van der Waals surface area (Å²) < 4.78 is 93.3. The van der Waals surface area contributed by atoms with E-state index in [1.54, 1.807) is 68.8 Å². The summed E-state index contributed by atoms with van der Waals surface area (Å²) in [6.45, 7) is 8.65. The van der Waals surface area contributed by atoms with Gasteiger partial charge in [-0.15, -0.1) is 0 Å². The van der Waals surface area contributed by atoms with Crippen molar-refractivity contribution in [1.29, 1.82) is 0 Å². The second-order valence-electron chi connectivity index (χ2n) is 16.6. The smallest absolute Gasteiger partial charge is 0.418 e. The molecule has 1 aromatic carbocycles. The van der Waals surface area contributed by atoms with E-state index in [0.717, 1.165) is 18.5 Å². The number of likely N-dealkylation sites (N-methyl/N-ethyl adjacent to an activating group) is 1. The minimum absolute atomic E-state index is 0.0407. The number of fused-ring (bicyclic) bond motifs is 2. The number of aryl methyl sites for hydroxylation is 1. The summed E-state index contributed by atoms with van der Waals surface area (Å²) in [6.07, 6.45) is -2.79. The first kappa shape index (κ1) is 41.1. The second-order valence-corrected chi connectivity index (χ2v) is 16.6. The molecule has 6 heterocycles. The quantitative estimate of drug-likeness (QED) is 0.148. The number of anilines is 2. The van der Waals surface area contributed by atoms with Crippen LogP contribution >= 0.6 is 0 Å². The summed E-state index contributed by atoms with van der Waals surface area (Å²) in [7, 11) is 4.96. The Morgan fingerprint density at radius 1 is 1.03 bits per heavy atom. The molecule has 3 saturated heterocycles. The molecule has 12 nitrogen and oxygen atoms in total. The molecule has 7 rings (SSSR count). The van der Waals surface area contributed by atoms with Crippen molar-refractivity contribution < 1.29 is 41.0 Å². The average Bonchev–Trinajstić information content (AvgIpc) is 3.87. The van der Waals surface area contributed by atoms with E-state index in [9.17, 15) is 22.4 Å². The number of carbonyl (C=O) groups excluding carboxylic acids is 1. The van der Waals surface area contributed by atoms with Crippen LogP contribution in [0.25, 0.3) is 22.3 Å². The number of hydrogen-bond donors (Lipinski definition) is 0. The van der Waals surface area contributed by atoms with Gasteiger partial charge >= 0.3 is 18.3 Å². The lowest BCUT2D eigenvalue weighted by atomic mass is 9.95. The number of likely N-dealkylation sites (tertiary alicyclic amines) is 1. The normalized spacial score (nSPS) is 21.1. The highest BCUT2D eigenvalue weighted by molar-refractivity contribution is 5.92. The van der Waals surface area contributed by atoms with Crippen molar-refractivity contribution in [2.75, 3.05) is 63.8 Å². The standard InChI is InChI=1S/C41H49F5N8O4/c1-24-17-30(51(5)20-25-9-11-28(56-7)12-10-25)48-34(31(24)41(44,45)46)35-32(43)33-29(19-47-35)36(52(6)27-13-16-53(22-27)38(55)58-39(2,3)4)50-37(49-33)57-23-40-14-8-15-54(40)21-26(42)18-40/h9-12,17,19,26-27H,8,13-16,18,20-23H2,1-7H3/t26-,27-,40+/m1/s1. The number of ether oxygens (including phenoxy) is 3. The summed E-state index contributed by atoms with van der Waals surface area (Å²) in [5.41, 5.74) is -3.38. The number of hydrogen-bond acceptors (Lipinski definition) is 11. The highest BCUT2D eigenvalue weighted by Crippen LogP contribution is 2.43. The van der Waals surface area contributed by atoms with Gasteiger partial charge in [0.2, 0.25) is 0 Å². The van der Waals surface area contributed by atoms with Gasteiger partial charge in [-0.1, -0.05) is 12.1 Å². The Balaban J connectivity index is 1.30. The summed E-state index contributed by atoms with van der Waals surface area (Å²) in [5, 5.41) is 0.121. The lowest BCUT2D eigenvalue weighted by Crippen LogP contribution is -2.43. The predicted octanol–water partition coefficient (Wildman–Crippen LogP) is 7.60. The molecular formula is C41H49F5N8O4. The largest absolute Gasteiger partial charge is 0.497 e. The molecule has 0 saturated carbocycles. The number of rotatable bonds is 10. The van der Waals surface area contributed by atoms with Gasteiger partial charge in [-0.05, 0) is 82.8 Å². The molecule has 0 unspecified atom stereocenters. The summed E-state index contributed by atoms with van der Waals surface area (Å²) in [5.74, 6) is -0.111. The average molecular weight is 813 g/mol. The van der Waals surface area contributed by atoms with E-state index in [1.165, 1.54) is 19.2 Å². The molecule has 3 aliphatic rings. The van der Waals surface area contributed by atoms with Crippen LogP contribution in [-0.2, 0) is 17.5 Å². The predicted molar refractivity (Wildman–Crippen MR) is 209 cm³/mol. The van der Waals surface area contributed by atoms with Crippen molar-refractivity contribution in [1.82, 2.24) is 29.7 Å². The third-order valence-electron chi connectivity index (χ3n) is 11.3. The molecule has 3 aromatic heterocycles. The van der Waals surface area contributed by atoms with Gasteiger partial charge in [0.1, 0.15) is 52.7 Å². The minimum atomic E-state index is -4.90. The summed E-state index contributed by atoms with van der Waals surface area (Å²) in [4.78, 5) is 37.8. The van der Waals surface area contributed by atoms with Crippen molar-refractivity contribution in [3.63, 3.8) is 0 Å². The maximum Gasteiger partial charge on any atom is 0.418 e. The number of nitrogens with zero attached hydrogens (tertiary/aromatic N) is 8. The number of halogens is 5. The first-order valence-corrected chi connectivity index (χ1v) is 19.4. The van der Waals surface area contributed by atoms with Crippen LogP contribution in [0.2, 0.25) is 0 Å². The van der Waals surface area contributed by atoms with Gasteiger partial charge in [0.05, 0.1) is 23.6 Å². The van der Waals surface area contributed by atoms with Gasteiger partial charge in [0, 0.05) is 58.9 Å². The molecule has 0 radical (unpaired) electrons. The summed E-state index contributed by atoms with van der Waals surface area (Å²) in [6, 6.07) is 8.01. The zero-order chi connectivity index (χ0) is 41.7. The van der Waals surface area contributed by atoms with Crippen LogP contribution in [-0.4, -0.2) is 113 Å². The van der Waals surface area contributed by atoms with Crippen molar-refractivity contribution in [3.05, 3.63) is 59.0 Å². The fourth-order valence-corrected chi connectivity index (χ4v) is 8.36. The zero-order valence-electron chi connectivity index (χ0n) is 33.8. The first-order chi connectivity index (χ1) is 27.4. The van der Waals surface area contributed by atoms with E-state index in [-0.39, 0.29) is 72.8 Å². The van der Waals surface area contributed by atoms with E-state index < -0.39 is 52.3 Å².